The second kappa shape index (κ2) is 8.30. The van der Waals surface area contributed by atoms with E-state index in [4.69, 9.17) is 11.6 Å². The summed E-state index contributed by atoms with van der Waals surface area (Å²) in [6, 6.07) is 21.7. The molecule has 3 atom stereocenters. The number of imide groups is 1. The van der Waals surface area contributed by atoms with Gasteiger partial charge < -0.3 is 5.11 Å². The molecule has 1 N–H and O–H groups in total. The molecule has 1 saturated heterocycles. The molecule has 1 heterocycles. The summed E-state index contributed by atoms with van der Waals surface area (Å²) in [4.78, 5) is 29.7. The number of carbonyl (C=O) groups excluding carboxylic acids is 2. The van der Waals surface area contributed by atoms with E-state index in [0.29, 0.717) is 28.3 Å². The van der Waals surface area contributed by atoms with Crippen LogP contribution in [0.5, 0.6) is 5.75 Å². The summed E-state index contributed by atoms with van der Waals surface area (Å²) in [5.41, 5.74) is 2.06. The molecule has 0 bridgehead atoms. The number of carbonyl (C=O) groups is 2. The number of halogens is 1. The summed E-state index contributed by atoms with van der Waals surface area (Å²) in [7, 11) is 0. The molecular weight excluding hydrogens is 446 g/mol. The highest BCUT2D eigenvalue weighted by atomic mass is 35.5. The van der Waals surface area contributed by atoms with Crippen LogP contribution in [-0.4, -0.2) is 16.9 Å². The zero-order valence-electron chi connectivity index (χ0n) is 18.7. The summed E-state index contributed by atoms with van der Waals surface area (Å²) >= 11 is 6.23. The SMILES string of the molecule is C=CC1=CC[C@H]2C(=O)N(c3cccc(Cl)c3)C(=O)[C@@]2(c2ccccc2)[C@H]1c1cccc(C)c1O. The van der Waals surface area contributed by atoms with Gasteiger partial charge in [-0.2, -0.15) is 0 Å². The van der Waals surface area contributed by atoms with Gasteiger partial charge in [0.2, 0.25) is 11.8 Å². The third-order valence-corrected chi connectivity index (χ3v) is 7.37. The lowest BCUT2D eigenvalue weighted by Crippen LogP contribution is -2.48. The number of aryl methyl sites for hydroxylation is 1. The first-order chi connectivity index (χ1) is 16.4. The van der Waals surface area contributed by atoms with Gasteiger partial charge in [0.25, 0.3) is 0 Å². The Balaban J connectivity index is 1.84. The lowest BCUT2D eigenvalue weighted by atomic mass is 9.56. The van der Waals surface area contributed by atoms with Crippen molar-refractivity contribution in [2.24, 2.45) is 5.92 Å². The molecule has 0 radical (unpaired) electrons. The van der Waals surface area contributed by atoms with Gasteiger partial charge in [-0.1, -0.05) is 84.9 Å². The number of anilines is 1. The van der Waals surface area contributed by atoms with Crippen molar-refractivity contribution in [2.75, 3.05) is 4.90 Å². The fourth-order valence-electron chi connectivity index (χ4n) is 5.64. The van der Waals surface area contributed by atoms with Gasteiger partial charge in [0.05, 0.1) is 17.0 Å². The predicted molar refractivity (Wildman–Crippen MR) is 134 cm³/mol. The van der Waals surface area contributed by atoms with Crippen LogP contribution in [0.25, 0.3) is 0 Å². The molecule has 2 aliphatic rings. The standard InChI is InChI=1S/C29H24ClNO3/c1-3-19-15-16-24-27(33)31(22-13-8-12-21(30)17-22)28(34)29(24,20-10-5-4-6-11-20)25(19)23-14-7-9-18(2)26(23)32/h3-15,17,24-25,32H,1,16H2,2H3/t24-,25+,29+/m0/s1. The van der Waals surface area contributed by atoms with Crippen molar-refractivity contribution in [3.05, 3.63) is 119 Å². The molecule has 1 aliphatic carbocycles. The van der Waals surface area contributed by atoms with Crippen LogP contribution in [0.3, 0.4) is 0 Å². The topological polar surface area (TPSA) is 57.6 Å². The second-order valence-corrected chi connectivity index (χ2v) is 9.27. The second-order valence-electron chi connectivity index (χ2n) is 8.84. The Bertz CT molecular complexity index is 1350. The van der Waals surface area contributed by atoms with Crippen LogP contribution in [0.15, 0.2) is 97.1 Å². The molecule has 1 aliphatic heterocycles. The lowest BCUT2D eigenvalue weighted by molar-refractivity contribution is -0.123. The molecule has 0 aromatic heterocycles. The smallest absolute Gasteiger partial charge is 0.246 e. The molecule has 0 spiro atoms. The van der Waals surface area contributed by atoms with Gasteiger partial charge in [0.15, 0.2) is 0 Å². The van der Waals surface area contributed by atoms with Crippen LogP contribution < -0.4 is 4.90 Å². The number of aromatic hydroxyl groups is 1. The predicted octanol–water partition coefficient (Wildman–Crippen LogP) is 6.08. The number of phenolic OH excluding ortho intramolecular Hbond substituents is 1. The van der Waals surface area contributed by atoms with Gasteiger partial charge in [-0.05, 0) is 48.2 Å². The highest BCUT2D eigenvalue weighted by Crippen LogP contribution is 2.59. The number of amides is 2. The molecule has 2 amide bonds. The average molecular weight is 470 g/mol. The molecule has 5 heteroatoms. The van der Waals surface area contributed by atoms with Crippen molar-refractivity contribution in [1.29, 1.82) is 0 Å². The van der Waals surface area contributed by atoms with E-state index < -0.39 is 17.3 Å². The fraction of sp³-hybridized carbons (Fsp3) is 0.172. The number of hydrogen-bond acceptors (Lipinski definition) is 3. The van der Waals surface area contributed by atoms with Crippen molar-refractivity contribution in [1.82, 2.24) is 0 Å². The molecule has 0 unspecified atom stereocenters. The molecule has 3 aromatic rings. The zero-order chi connectivity index (χ0) is 24.0. The van der Waals surface area contributed by atoms with E-state index in [1.807, 2.05) is 61.5 Å². The van der Waals surface area contributed by atoms with Crippen LogP contribution >= 0.6 is 11.6 Å². The first-order valence-electron chi connectivity index (χ1n) is 11.2. The zero-order valence-corrected chi connectivity index (χ0v) is 19.5. The van der Waals surface area contributed by atoms with E-state index in [1.165, 1.54) is 4.90 Å². The van der Waals surface area contributed by atoms with Gasteiger partial charge in [0.1, 0.15) is 5.75 Å². The maximum atomic E-state index is 14.5. The van der Waals surface area contributed by atoms with Crippen LogP contribution in [0.2, 0.25) is 5.02 Å². The molecule has 5 rings (SSSR count). The van der Waals surface area contributed by atoms with Crippen molar-refractivity contribution < 1.29 is 14.7 Å². The van der Waals surface area contributed by atoms with Crippen molar-refractivity contribution in [2.45, 2.75) is 24.7 Å². The number of nitrogens with zero attached hydrogens (tertiary/aromatic N) is 1. The van der Waals surface area contributed by atoms with E-state index in [-0.39, 0.29) is 17.6 Å². The van der Waals surface area contributed by atoms with E-state index in [2.05, 4.69) is 6.58 Å². The molecule has 170 valence electrons. The average Bonchev–Trinajstić information content (AvgIpc) is 3.08. The molecule has 3 aromatic carbocycles. The highest BCUT2D eigenvalue weighted by molar-refractivity contribution is 6.32. The third-order valence-electron chi connectivity index (χ3n) is 7.14. The number of benzene rings is 3. The van der Waals surface area contributed by atoms with Gasteiger partial charge in [0, 0.05) is 16.5 Å². The molecule has 4 nitrogen and oxygen atoms in total. The molecular formula is C29H24ClNO3. The van der Waals surface area contributed by atoms with Crippen molar-refractivity contribution in [3.63, 3.8) is 0 Å². The Morgan fingerprint density at radius 2 is 1.79 bits per heavy atom. The number of hydrogen-bond donors (Lipinski definition) is 1. The quantitative estimate of drug-likeness (QED) is 0.471. The Kier molecular flexibility index (Phi) is 5.41. The highest BCUT2D eigenvalue weighted by Gasteiger charge is 2.66. The lowest BCUT2D eigenvalue weighted by Gasteiger charge is -2.43. The van der Waals surface area contributed by atoms with Crippen LogP contribution in [-0.2, 0) is 15.0 Å². The summed E-state index contributed by atoms with van der Waals surface area (Å²) in [5, 5.41) is 11.6. The van der Waals surface area contributed by atoms with Crippen LogP contribution in [0, 0.1) is 12.8 Å². The minimum absolute atomic E-state index is 0.123. The first-order valence-corrected chi connectivity index (χ1v) is 11.6. The fourth-order valence-corrected chi connectivity index (χ4v) is 5.82. The minimum atomic E-state index is -1.25. The normalized spacial score (nSPS) is 24.1. The van der Waals surface area contributed by atoms with Crippen LogP contribution in [0.1, 0.15) is 29.0 Å². The summed E-state index contributed by atoms with van der Waals surface area (Å²) in [6.07, 6.45) is 4.09. The van der Waals surface area contributed by atoms with E-state index in [1.54, 1.807) is 30.3 Å². The number of para-hydroxylation sites is 1. The summed E-state index contributed by atoms with van der Waals surface area (Å²) in [6.45, 7) is 5.83. The largest absolute Gasteiger partial charge is 0.507 e. The number of phenols is 1. The molecule has 1 fully saturated rings. The first kappa shape index (κ1) is 22.2. The minimum Gasteiger partial charge on any atom is -0.507 e. The molecule has 0 saturated carbocycles. The monoisotopic (exact) mass is 469 g/mol. The number of rotatable bonds is 4. The van der Waals surface area contributed by atoms with E-state index in [0.717, 1.165) is 11.1 Å². The molecule has 34 heavy (non-hydrogen) atoms. The van der Waals surface area contributed by atoms with Gasteiger partial charge in [-0.3, -0.25) is 9.59 Å². The number of fused-ring (bicyclic) bond motifs is 1. The van der Waals surface area contributed by atoms with Gasteiger partial charge in [-0.15, -0.1) is 0 Å². The Morgan fingerprint density at radius 3 is 2.50 bits per heavy atom. The maximum absolute atomic E-state index is 14.5. The summed E-state index contributed by atoms with van der Waals surface area (Å²) < 4.78 is 0. The van der Waals surface area contributed by atoms with Crippen molar-refractivity contribution >= 4 is 29.1 Å². The number of allylic oxidation sites excluding steroid dienone is 3. The van der Waals surface area contributed by atoms with Gasteiger partial charge >= 0.3 is 0 Å². The maximum Gasteiger partial charge on any atom is 0.246 e. The van der Waals surface area contributed by atoms with Crippen LogP contribution in [0.4, 0.5) is 5.69 Å². The third kappa shape index (κ3) is 3.06. The Hall–Kier alpha value is -3.63. The Morgan fingerprint density at radius 1 is 1.06 bits per heavy atom. The van der Waals surface area contributed by atoms with E-state index >= 15 is 0 Å². The van der Waals surface area contributed by atoms with E-state index in [9.17, 15) is 14.7 Å². The van der Waals surface area contributed by atoms with Crippen molar-refractivity contribution in [3.8, 4) is 5.75 Å². The van der Waals surface area contributed by atoms with Gasteiger partial charge in [-0.25, -0.2) is 4.90 Å². The Labute approximate surface area is 203 Å². The summed E-state index contributed by atoms with van der Waals surface area (Å²) in [5.74, 6) is -1.71.